The standard InChI is InChI=1S/C9H6BrClN4OS/c10-5-3-4(11)1-2-6(5)13-7(16)8-14-15-9(12)17-8/h1-3H,(H2,12,15)(H,13,16). The number of nitrogens with zero attached hydrogens (tertiary/aromatic N) is 2. The first-order chi connectivity index (χ1) is 8.06. The van der Waals surface area contributed by atoms with Crippen LogP contribution in [0, 0.1) is 0 Å². The van der Waals surface area contributed by atoms with Gasteiger partial charge in [-0.25, -0.2) is 0 Å². The van der Waals surface area contributed by atoms with Crippen molar-refractivity contribution in [3.8, 4) is 0 Å². The summed E-state index contributed by atoms with van der Waals surface area (Å²) < 4.78 is 0.691. The second-order valence-electron chi connectivity index (χ2n) is 3.02. The van der Waals surface area contributed by atoms with E-state index in [1.54, 1.807) is 18.2 Å². The van der Waals surface area contributed by atoms with E-state index in [9.17, 15) is 4.79 Å². The van der Waals surface area contributed by atoms with Gasteiger partial charge in [-0.05, 0) is 34.1 Å². The molecule has 0 radical (unpaired) electrons. The van der Waals surface area contributed by atoms with Crippen molar-refractivity contribution >= 4 is 55.6 Å². The fourth-order valence-corrected chi connectivity index (χ4v) is 2.38. The average Bonchev–Trinajstić information content (AvgIpc) is 2.69. The molecule has 8 heteroatoms. The van der Waals surface area contributed by atoms with Gasteiger partial charge in [-0.15, -0.1) is 10.2 Å². The van der Waals surface area contributed by atoms with Gasteiger partial charge in [0.2, 0.25) is 10.1 Å². The molecule has 17 heavy (non-hydrogen) atoms. The number of carbonyl (C=O) groups excluding carboxylic acids is 1. The zero-order valence-corrected chi connectivity index (χ0v) is 11.4. The molecule has 0 saturated carbocycles. The summed E-state index contributed by atoms with van der Waals surface area (Å²) >= 11 is 10.1. The third-order valence-electron chi connectivity index (χ3n) is 1.81. The fourth-order valence-electron chi connectivity index (χ4n) is 1.09. The van der Waals surface area contributed by atoms with E-state index in [1.165, 1.54) is 0 Å². The fraction of sp³-hybridized carbons (Fsp3) is 0. The molecule has 0 spiro atoms. The van der Waals surface area contributed by atoms with Crippen LogP contribution >= 0.6 is 38.9 Å². The molecular weight excluding hydrogens is 328 g/mol. The lowest BCUT2D eigenvalue weighted by Gasteiger charge is -2.05. The highest BCUT2D eigenvalue weighted by Crippen LogP contribution is 2.26. The molecule has 2 rings (SSSR count). The zero-order chi connectivity index (χ0) is 12.4. The molecule has 0 unspecified atom stereocenters. The Hall–Kier alpha value is -1.18. The van der Waals surface area contributed by atoms with Crippen LogP contribution in [-0.2, 0) is 0 Å². The normalized spacial score (nSPS) is 10.2. The van der Waals surface area contributed by atoms with Crippen molar-refractivity contribution < 1.29 is 4.79 Å². The van der Waals surface area contributed by atoms with Gasteiger partial charge in [0.25, 0.3) is 5.91 Å². The molecule has 1 aromatic heterocycles. The lowest BCUT2D eigenvalue weighted by Crippen LogP contribution is -2.11. The zero-order valence-electron chi connectivity index (χ0n) is 8.28. The van der Waals surface area contributed by atoms with E-state index in [-0.39, 0.29) is 16.0 Å². The van der Waals surface area contributed by atoms with Gasteiger partial charge in [0, 0.05) is 9.50 Å². The minimum Gasteiger partial charge on any atom is -0.374 e. The summed E-state index contributed by atoms with van der Waals surface area (Å²) in [5.41, 5.74) is 6.00. The first-order valence-electron chi connectivity index (χ1n) is 4.41. The SMILES string of the molecule is Nc1nnc(C(=O)Nc2ccc(Cl)cc2Br)s1. The summed E-state index contributed by atoms with van der Waals surface area (Å²) in [5, 5.41) is 10.9. The number of nitrogens with one attached hydrogen (secondary N) is 1. The molecule has 0 aliphatic heterocycles. The Morgan fingerprint density at radius 3 is 2.82 bits per heavy atom. The number of aromatic nitrogens is 2. The maximum atomic E-state index is 11.8. The summed E-state index contributed by atoms with van der Waals surface area (Å²) in [6.07, 6.45) is 0. The van der Waals surface area contributed by atoms with Gasteiger partial charge in [0.05, 0.1) is 5.69 Å². The number of amides is 1. The maximum absolute atomic E-state index is 11.8. The lowest BCUT2D eigenvalue weighted by atomic mass is 10.3. The second kappa shape index (κ2) is 4.99. The number of nitrogen functional groups attached to an aromatic ring is 1. The van der Waals surface area contributed by atoms with Crippen molar-refractivity contribution in [1.29, 1.82) is 0 Å². The molecule has 1 aromatic carbocycles. The van der Waals surface area contributed by atoms with Crippen LogP contribution in [0.4, 0.5) is 10.8 Å². The Balaban J connectivity index is 2.18. The molecule has 1 heterocycles. The molecule has 0 fully saturated rings. The molecule has 5 nitrogen and oxygen atoms in total. The monoisotopic (exact) mass is 332 g/mol. The van der Waals surface area contributed by atoms with Crippen LogP contribution in [0.3, 0.4) is 0 Å². The quantitative estimate of drug-likeness (QED) is 0.885. The second-order valence-corrected chi connectivity index (χ2v) is 5.32. The minimum absolute atomic E-state index is 0.212. The van der Waals surface area contributed by atoms with Gasteiger partial charge in [-0.1, -0.05) is 22.9 Å². The number of carbonyl (C=O) groups is 1. The number of nitrogens with two attached hydrogens (primary N) is 1. The molecular formula is C9H6BrClN4OS. The van der Waals surface area contributed by atoms with Gasteiger partial charge in [-0.3, -0.25) is 4.79 Å². The van der Waals surface area contributed by atoms with Crippen molar-refractivity contribution in [3.63, 3.8) is 0 Å². The first-order valence-corrected chi connectivity index (χ1v) is 6.40. The van der Waals surface area contributed by atoms with Gasteiger partial charge < -0.3 is 11.1 Å². The predicted octanol–water partition coefficient (Wildman–Crippen LogP) is 2.79. The molecule has 0 atom stereocenters. The van der Waals surface area contributed by atoms with Gasteiger partial charge in [0.1, 0.15) is 0 Å². The van der Waals surface area contributed by atoms with Crippen molar-refractivity contribution in [2.75, 3.05) is 11.1 Å². The molecule has 0 aliphatic rings. The summed E-state index contributed by atoms with van der Waals surface area (Å²) in [7, 11) is 0. The van der Waals surface area contributed by atoms with Crippen LogP contribution in [-0.4, -0.2) is 16.1 Å². The Bertz CT molecular complexity index is 574. The highest BCUT2D eigenvalue weighted by Gasteiger charge is 2.13. The first kappa shape index (κ1) is 12.3. The topological polar surface area (TPSA) is 80.9 Å². The third kappa shape index (κ3) is 2.93. The molecule has 0 bridgehead atoms. The molecule has 1 amide bonds. The highest BCUT2D eigenvalue weighted by atomic mass is 79.9. The van der Waals surface area contributed by atoms with E-state index in [0.29, 0.717) is 15.2 Å². The predicted molar refractivity (Wildman–Crippen MR) is 71.4 cm³/mol. The van der Waals surface area contributed by atoms with Crippen molar-refractivity contribution in [2.24, 2.45) is 0 Å². The molecule has 0 saturated heterocycles. The Kier molecular flexibility index (Phi) is 3.60. The lowest BCUT2D eigenvalue weighted by molar-refractivity contribution is 0.102. The van der Waals surface area contributed by atoms with Crippen LogP contribution in [0.25, 0.3) is 0 Å². The van der Waals surface area contributed by atoms with E-state index in [2.05, 4.69) is 31.4 Å². The third-order valence-corrected chi connectivity index (χ3v) is 3.46. The van der Waals surface area contributed by atoms with Crippen molar-refractivity contribution in [1.82, 2.24) is 10.2 Å². The number of hydrogen-bond acceptors (Lipinski definition) is 5. The van der Waals surface area contributed by atoms with E-state index < -0.39 is 0 Å². The number of anilines is 2. The Morgan fingerprint density at radius 1 is 1.47 bits per heavy atom. The average molecular weight is 334 g/mol. The van der Waals surface area contributed by atoms with Crippen molar-refractivity contribution in [3.05, 3.63) is 32.7 Å². The molecule has 2 aromatic rings. The van der Waals surface area contributed by atoms with Gasteiger partial charge in [0.15, 0.2) is 0 Å². The molecule has 88 valence electrons. The summed E-state index contributed by atoms with van der Waals surface area (Å²) in [6.45, 7) is 0. The van der Waals surface area contributed by atoms with Crippen LogP contribution in [0.1, 0.15) is 9.80 Å². The largest absolute Gasteiger partial charge is 0.374 e. The van der Waals surface area contributed by atoms with Crippen molar-refractivity contribution in [2.45, 2.75) is 0 Å². The summed E-state index contributed by atoms with van der Waals surface area (Å²) in [5.74, 6) is -0.359. The van der Waals surface area contributed by atoms with E-state index in [1.807, 2.05) is 0 Å². The number of benzene rings is 1. The number of halogens is 2. The Morgan fingerprint density at radius 2 is 2.24 bits per heavy atom. The maximum Gasteiger partial charge on any atom is 0.286 e. The smallest absolute Gasteiger partial charge is 0.286 e. The van der Waals surface area contributed by atoms with Crippen LogP contribution in [0.5, 0.6) is 0 Å². The van der Waals surface area contributed by atoms with Crippen LogP contribution in [0.2, 0.25) is 5.02 Å². The van der Waals surface area contributed by atoms with E-state index >= 15 is 0 Å². The van der Waals surface area contributed by atoms with Gasteiger partial charge in [-0.2, -0.15) is 0 Å². The van der Waals surface area contributed by atoms with Crippen LogP contribution < -0.4 is 11.1 Å². The Labute approximate surface area is 114 Å². The minimum atomic E-state index is -0.359. The molecule has 0 aliphatic carbocycles. The number of rotatable bonds is 2. The van der Waals surface area contributed by atoms with Crippen LogP contribution in [0.15, 0.2) is 22.7 Å². The van der Waals surface area contributed by atoms with Gasteiger partial charge >= 0.3 is 0 Å². The molecule has 3 N–H and O–H groups in total. The highest BCUT2D eigenvalue weighted by molar-refractivity contribution is 9.10. The van der Waals surface area contributed by atoms with E-state index in [0.717, 1.165) is 11.3 Å². The summed E-state index contributed by atoms with van der Waals surface area (Å²) in [4.78, 5) is 11.8. The summed E-state index contributed by atoms with van der Waals surface area (Å²) in [6, 6.07) is 5.05. The number of hydrogen-bond donors (Lipinski definition) is 2. The van der Waals surface area contributed by atoms with E-state index in [4.69, 9.17) is 17.3 Å².